The molecule has 0 spiro atoms. The highest BCUT2D eigenvalue weighted by atomic mass is 16.3. The zero-order chi connectivity index (χ0) is 12.6. The Morgan fingerprint density at radius 2 is 2.18 bits per heavy atom. The number of nitrogens with one attached hydrogen (secondary N) is 2. The molecule has 0 fully saturated rings. The molecule has 17 heavy (non-hydrogen) atoms. The van der Waals surface area contributed by atoms with Gasteiger partial charge in [0, 0.05) is 7.05 Å². The smallest absolute Gasteiger partial charge is 0.262 e. The predicted octanol–water partition coefficient (Wildman–Crippen LogP) is 0.297. The van der Waals surface area contributed by atoms with Crippen LogP contribution in [0.3, 0.4) is 0 Å². The van der Waals surface area contributed by atoms with Crippen molar-refractivity contribution < 1.29 is 9.90 Å². The Morgan fingerprint density at radius 3 is 2.82 bits per heavy atom. The summed E-state index contributed by atoms with van der Waals surface area (Å²) in [5, 5.41) is 12.3. The number of amides is 1. The number of nitrogens with zero attached hydrogens (tertiary/aromatic N) is 1. The molecule has 6 nitrogen and oxygen atoms in total. The van der Waals surface area contributed by atoms with Crippen LogP contribution in [0, 0.1) is 6.92 Å². The zero-order valence-electron chi connectivity index (χ0n) is 9.37. The van der Waals surface area contributed by atoms with Crippen molar-refractivity contribution in [3.8, 4) is 5.75 Å². The lowest BCUT2D eigenvalue weighted by Crippen LogP contribution is -2.19. The van der Waals surface area contributed by atoms with Gasteiger partial charge in [-0.1, -0.05) is 0 Å². The van der Waals surface area contributed by atoms with Gasteiger partial charge < -0.3 is 15.4 Å². The summed E-state index contributed by atoms with van der Waals surface area (Å²) in [5.41, 5.74) is -0.0525. The first-order chi connectivity index (χ1) is 8.04. The Balaban J connectivity index is 2.85. The Bertz CT molecular complexity index is 661. The van der Waals surface area contributed by atoms with Crippen LogP contribution >= 0.6 is 0 Å². The molecule has 3 N–H and O–H groups in total. The normalized spacial score (nSPS) is 10.5. The van der Waals surface area contributed by atoms with Crippen molar-refractivity contribution in [3.63, 3.8) is 0 Å². The van der Waals surface area contributed by atoms with Crippen LogP contribution in [-0.4, -0.2) is 28.0 Å². The molecule has 0 saturated heterocycles. The van der Waals surface area contributed by atoms with E-state index in [-0.39, 0.29) is 16.7 Å². The van der Waals surface area contributed by atoms with Crippen molar-refractivity contribution in [2.45, 2.75) is 6.92 Å². The first kappa shape index (κ1) is 11.1. The highest BCUT2D eigenvalue weighted by Crippen LogP contribution is 2.24. The second-order valence-corrected chi connectivity index (χ2v) is 3.59. The number of hydrogen-bond donors (Lipinski definition) is 3. The highest BCUT2D eigenvalue weighted by Gasteiger charge is 2.15. The summed E-state index contributed by atoms with van der Waals surface area (Å²) >= 11 is 0. The van der Waals surface area contributed by atoms with Crippen molar-refractivity contribution in [1.82, 2.24) is 15.3 Å². The molecule has 1 amide bonds. The third-order valence-electron chi connectivity index (χ3n) is 2.44. The summed E-state index contributed by atoms with van der Waals surface area (Å²) in [5.74, 6) is -0.352. The van der Waals surface area contributed by atoms with Crippen LogP contribution in [0.1, 0.15) is 16.2 Å². The second-order valence-electron chi connectivity index (χ2n) is 3.59. The number of phenols is 1. The van der Waals surface area contributed by atoms with Crippen LogP contribution in [0.2, 0.25) is 0 Å². The summed E-state index contributed by atoms with van der Waals surface area (Å²) < 4.78 is 0. The molecule has 0 atom stereocenters. The minimum absolute atomic E-state index is 0.0247. The van der Waals surface area contributed by atoms with Gasteiger partial charge in [-0.25, -0.2) is 4.98 Å². The topological polar surface area (TPSA) is 95.1 Å². The SMILES string of the molecule is CNC(=O)c1ccc2nc(C)[nH]c(=O)c2c1O. The number of fused-ring (bicyclic) bond motifs is 1. The number of rotatable bonds is 1. The maximum absolute atomic E-state index is 11.7. The lowest BCUT2D eigenvalue weighted by Gasteiger charge is -2.06. The van der Waals surface area contributed by atoms with Gasteiger partial charge in [0.25, 0.3) is 11.5 Å². The maximum atomic E-state index is 11.7. The molecule has 0 radical (unpaired) electrons. The zero-order valence-corrected chi connectivity index (χ0v) is 9.37. The Kier molecular flexibility index (Phi) is 2.55. The standard InChI is InChI=1S/C11H11N3O3/c1-5-13-7-4-3-6(10(16)12-2)9(15)8(7)11(17)14-5/h3-4,15H,1-2H3,(H,12,16)(H,13,14,17). The molecule has 0 saturated carbocycles. The third kappa shape index (κ3) is 1.73. The lowest BCUT2D eigenvalue weighted by molar-refractivity contribution is 0.0960. The molecule has 0 unspecified atom stereocenters. The summed E-state index contributed by atoms with van der Waals surface area (Å²) in [4.78, 5) is 29.7. The van der Waals surface area contributed by atoms with Crippen LogP contribution in [0.25, 0.3) is 10.9 Å². The van der Waals surface area contributed by atoms with Crippen molar-refractivity contribution in [2.75, 3.05) is 7.05 Å². The van der Waals surface area contributed by atoms with E-state index in [1.807, 2.05) is 0 Å². The molecule has 1 aromatic carbocycles. The van der Waals surface area contributed by atoms with Crippen molar-refractivity contribution in [2.24, 2.45) is 0 Å². The van der Waals surface area contributed by atoms with Gasteiger partial charge in [-0.05, 0) is 19.1 Å². The van der Waals surface area contributed by atoms with E-state index in [2.05, 4.69) is 15.3 Å². The molecule has 1 heterocycles. The minimum Gasteiger partial charge on any atom is -0.506 e. The molecular weight excluding hydrogens is 222 g/mol. The van der Waals surface area contributed by atoms with Crippen LogP contribution in [0.4, 0.5) is 0 Å². The van der Waals surface area contributed by atoms with Crippen molar-refractivity contribution in [1.29, 1.82) is 0 Å². The van der Waals surface area contributed by atoms with Crippen LogP contribution in [-0.2, 0) is 0 Å². The van der Waals surface area contributed by atoms with E-state index in [0.29, 0.717) is 11.3 Å². The van der Waals surface area contributed by atoms with Gasteiger partial charge in [0.2, 0.25) is 0 Å². The predicted molar refractivity (Wildman–Crippen MR) is 62.2 cm³/mol. The average Bonchev–Trinajstić information content (AvgIpc) is 2.27. The number of aromatic amines is 1. The summed E-state index contributed by atoms with van der Waals surface area (Å²) in [7, 11) is 1.45. The van der Waals surface area contributed by atoms with Gasteiger partial charge >= 0.3 is 0 Å². The Morgan fingerprint density at radius 1 is 1.47 bits per heavy atom. The molecule has 88 valence electrons. The largest absolute Gasteiger partial charge is 0.506 e. The van der Waals surface area contributed by atoms with Crippen molar-refractivity contribution in [3.05, 3.63) is 33.9 Å². The first-order valence-corrected chi connectivity index (χ1v) is 4.99. The van der Waals surface area contributed by atoms with E-state index in [1.165, 1.54) is 19.2 Å². The van der Waals surface area contributed by atoms with Gasteiger partial charge in [-0.2, -0.15) is 0 Å². The van der Waals surface area contributed by atoms with E-state index in [9.17, 15) is 14.7 Å². The molecular formula is C11H11N3O3. The number of benzene rings is 1. The number of aromatic hydroxyl groups is 1. The van der Waals surface area contributed by atoms with Crippen LogP contribution < -0.4 is 10.9 Å². The van der Waals surface area contributed by atoms with E-state index in [0.717, 1.165) is 0 Å². The number of aromatic nitrogens is 2. The maximum Gasteiger partial charge on any atom is 0.262 e. The van der Waals surface area contributed by atoms with Gasteiger partial charge in [0.1, 0.15) is 17.0 Å². The van der Waals surface area contributed by atoms with Gasteiger partial charge in [0.15, 0.2) is 0 Å². The van der Waals surface area contributed by atoms with Gasteiger partial charge in [0.05, 0.1) is 11.1 Å². The Labute approximate surface area is 96.3 Å². The van der Waals surface area contributed by atoms with Gasteiger partial charge in [-0.15, -0.1) is 0 Å². The molecule has 1 aromatic heterocycles. The summed E-state index contributed by atoms with van der Waals surface area (Å²) in [6.45, 7) is 1.64. The van der Waals surface area contributed by atoms with E-state index in [4.69, 9.17) is 0 Å². The molecule has 0 aliphatic heterocycles. The average molecular weight is 233 g/mol. The van der Waals surface area contributed by atoms with Crippen LogP contribution in [0.15, 0.2) is 16.9 Å². The van der Waals surface area contributed by atoms with E-state index >= 15 is 0 Å². The molecule has 2 aromatic rings. The lowest BCUT2D eigenvalue weighted by atomic mass is 10.1. The second kappa shape index (κ2) is 3.89. The third-order valence-corrected chi connectivity index (χ3v) is 2.44. The fourth-order valence-electron chi connectivity index (χ4n) is 1.65. The first-order valence-electron chi connectivity index (χ1n) is 4.99. The van der Waals surface area contributed by atoms with E-state index in [1.54, 1.807) is 6.92 Å². The number of H-pyrrole nitrogens is 1. The number of carbonyl (C=O) groups excluding carboxylic acids is 1. The van der Waals surface area contributed by atoms with E-state index < -0.39 is 11.5 Å². The number of phenolic OH excluding ortho intramolecular Hbond substituents is 1. The number of carbonyl (C=O) groups is 1. The molecule has 0 aliphatic rings. The molecule has 0 bridgehead atoms. The fourth-order valence-corrected chi connectivity index (χ4v) is 1.65. The quantitative estimate of drug-likeness (QED) is 0.660. The highest BCUT2D eigenvalue weighted by molar-refractivity contribution is 6.02. The monoisotopic (exact) mass is 233 g/mol. The minimum atomic E-state index is -0.462. The van der Waals surface area contributed by atoms with Crippen LogP contribution in [0.5, 0.6) is 5.75 Å². The summed E-state index contributed by atoms with van der Waals surface area (Å²) in [6.07, 6.45) is 0. The van der Waals surface area contributed by atoms with Crippen molar-refractivity contribution >= 4 is 16.8 Å². The number of aryl methyl sites for hydroxylation is 1. The Hall–Kier alpha value is -2.37. The summed E-state index contributed by atoms with van der Waals surface area (Å²) in [6, 6.07) is 2.96. The van der Waals surface area contributed by atoms with Gasteiger partial charge in [-0.3, -0.25) is 9.59 Å². The molecule has 2 rings (SSSR count). The number of hydrogen-bond acceptors (Lipinski definition) is 4. The molecule has 0 aliphatic carbocycles. The molecule has 6 heteroatoms. The fraction of sp³-hybridized carbons (Fsp3) is 0.182.